The van der Waals surface area contributed by atoms with Crippen LogP contribution in [0.4, 0.5) is 5.69 Å². The van der Waals surface area contributed by atoms with Crippen molar-refractivity contribution in [3.05, 3.63) is 15.3 Å². The Hall–Kier alpha value is -1.03. The van der Waals surface area contributed by atoms with Crippen LogP contribution in [-0.4, -0.2) is 12.6 Å². The first kappa shape index (κ1) is 15.4. The monoisotopic (exact) mass is 295 g/mol. The van der Waals surface area contributed by atoms with E-state index in [-0.39, 0.29) is 11.4 Å². The number of hydrogen-bond donors (Lipinski definition) is 1. The molecule has 1 aliphatic rings. The van der Waals surface area contributed by atoms with Crippen LogP contribution in [0.1, 0.15) is 79.4 Å². The lowest BCUT2D eigenvalue weighted by Gasteiger charge is -2.25. The van der Waals surface area contributed by atoms with E-state index in [4.69, 9.17) is 10.5 Å². The molecule has 0 aromatic carbocycles. The Kier molecular flexibility index (Phi) is 4.43. The molecule has 1 heterocycles. The van der Waals surface area contributed by atoms with Crippen LogP contribution in [0, 0.1) is 0 Å². The van der Waals surface area contributed by atoms with Gasteiger partial charge in [0.15, 0.2) is 0 Å². The number of carbonyl (C=O) groups excluding carboxylic acids is 1. The summed E-state index contributed by atoms with van der Waals surface area (Å²) in [6, 6.07) is 0. The Labute approximate surface area is 125 Å². The van der Waals surface area contributed by atoms with Crippen molar-refractivity contribution in [1.82, 2.24) is 0 Å². The quantitative estimate of drug-likeness (QED) is 0.834. The normalized spacial score (nSPS) is 17.6. The fraction of sp³-hybridized carbons (Fsp3) is 0.688. The maximum Gasteiger partial charge on any atom is 0.350 e. The number of esters is 1. The highest BCUT2D eigenvalue weighted by Crippen LogP contribution is 2.49. The minimum Gasteiger partial charge on any atom is -0.462 e. The average Bonchev–Trinajstić information content (AvgIpc) is 2.94. The molecule has 20 heavy (non-hydrogen) atoms. The van der Waals surface area contributed by atoms with Crippen molar-refractivity contribution in [3.8, 4) is 0 Å². The van der Waals surface area contributed by atoms with E-state index in [1.54, 1.807) is 11.3 Å². The lowest BCUT2D eigenvalue weighted by atomic mass is 9.82. The Morgan fingerprint density at radius 2 is 2.00 bits per heavy atom. The molecule has 112 valence electrons. The van der Waals surface area contributed by atoms with Gasteiger partial charge in [-0.2, -0.15) is 0 Å². The summed E-state index contributed by atoms with van der Waals surface area (Å²) >= 11 is 1.56. The fourth-order valence-electron chi connectivity index (χ4n) is 3.21. The molecule has 0 unspecified atom stereocenters. The highest BCUT2D eigenvalue weighted by atomic mass is 32.1. The minimum absolute atomic E-state index is 0.184. The van der Waals surface area contributed by atoms with Crippen molar-refractivity contribution < 1.29 is 9.53 Å². The van der Waals surface area contributed by atoms with Crippen LogP contribution in [0.2, 0.25) is 0 Å². The van der Waals surface area contributed by atoms with Crippen LogP contribution in [0.3, 0.4) is 0 Å². The van der Waals surface area contributed by atoms with E-state index in [9.17, 15) is 4.79 Å². The molecule has 1 aromatic rings. The van der Waals surface area contributed by atoms with Gasteiger partial charge in [0.25, 0.3) is 0 Å². The highest BCUT2D eigenvalue weighted by molar-refractivity contribution is 7.15. The topological polar surface area (TPSA) is 52.3 Å². The zero-order chi connectivity index (χ0) is 14.9. The first-order valence-electron chi connectivity index (χ1n) is 7.50. The molecule has 1 fully saturated rings. The van der Waals surface area contributed by atoms with E-state index < -0.39 is 0 Å². The molecule has 1 aromatic heterocycles. The van der Waals surface area contributed by atoms with Gasteiger partial charge in [-0.1, -0.05) is 33.6 Å². The molecule has 0 radical (unpaired) electrons. The van der Waals surface area contributed by atoms with Crippen LogP contribution < -0.4 is 5.73 Å². The Morgan fingerprint density at radius 1 is 1.40 bits per heavy atom. The summed E-state index contributed by atoms with van der Waals surface area (Å²) in [7, 11) is 0. The summed E-state index contributed by atoms with van der Waals surface area (Å²) in [5.41, 5.74) is 8.27. The van der Waals surface area contributed by atoms with Crippen molar-refractivity contribution in [3.63, 3.8) is 0 Å². The van der Waals surface area contributed by atoms with Crippen molar-refractivity contribution in [1.29, 1.82) is 0 Å². The Balaban J connectivity index is 2.50. The second-order valence-corrected chi connectivity index (χ2v) is 7.25. The Bertz CT molecular complexity index is 499. The number of nitrogens with two attached hydrogens (primary N) is 1. The predicted octanol–water partition coefficient (Wildman–Crippen LogP) is 4.46. The van der Waals surface area contributed by atoms with Gasteiger partial charge >= 0.3 is 5.97 Å². The summed E-state index contributed by atoms with van der Waals surface area (Å²) in [6.45, 7) is 8.82. The third kappa shape index (κ3) is 2.58. The zero-order valence-electron chi connectivity index (χ0n) is 12.9. The van der Waals surface area contributed by atoms with E-state index in [0.29, 0.717) is 23.1 Å². The first-order chi connectivity index (χ1) is 9.40. The van der Waals surface area contributed by atoms with E-state index >= 15 is 0 Å². The van der Waals surface area contributed by atoms with Crippen molar-refractivity contribution >= 4 is 23.0 Å². The van der Waals surface area contributed by atoms with Gasteiger partial charge in [-0.05, 0) is 31.2 Å². The number of rotatable bonds is 4. The number of thiophene rings is 1. The molecule has 1 saturated carbocycles. The largest absolute Gasteiger partial charge is 0.462 e. The van der Waals surface area contributed by atoms with Gasteiger partial charge in [0.2, 0.25) is 0 Å². The number of ether oxygens (including phenoxy) is 1. The lowest BCUT2D eigenvalue weighted by Crippen LogP contribution is -2.17. The summed E-state index contributed by atoms with van der Waals surface area (Å²) < 4.78 is 5.14. The molecule has 0 bridgehead atoms. The van der Waals surface area contributed by atoms with Crippen molar-refractivity contribution in [2.75, 3.05) is 12.3 Å². The minimum atomic E-state index is -0.273. The van der Waals surface area contributed by atoms with E-state index in [0.717, 1.165) is 0 Å². The maximum atomic E-state index is 12.1. The van der Waals surface area contributed by atoms with Gasteiger partial charge < -0.3 is 10.5 Å². The molecule has 1 aliphatic carbocycles. The number of anilines is 1. The second kappa shape index (κ2) is 5.76. The fourth-order valence-corrected chi connectivity index (χ4v) is 4.68. The molecule has 0 aliphatic heterocycles. The van der Waals surface area contributed by atoms with Gasteiger partial charge in [0.1, 0.15) is 4.88 Å². The third-order valence-corrected chi connectivity index (χ3v) is 5.78. The molecule has 2 rings (SSSR count). The molecule has 0 atom stereocenters. The standard InChI is InChI=1S/C16H25NO2S/c1-5-19-15(18)13-12(17)11(10(2)3)14(20-13)16(4)8-6-7-9-16/h10H,5-9,17H2,1-4H3. The molecule has 4 heteroatoms. The van der Waals surface area contributed by atoms with E-state index in [1.807, 2.05) is 6.92 Å². The summed E-state index contributed by atoms with van der Waals surface area (Å²) in [6.07, 6.45) is 4.91. The molecule has 2 N–H and O–H groups in total. The van der Waals surface area contributed by atoms with Crippen molar-refractivity contribution in [2.24, 2.45) is 0 Å². The van der Waals surface area contributed by atoms with Crippen LogP contribution >= 0.6 is 11.3 Å². The number of nitrogen functional groups attached to an aromatic ring is 1. The second-order valence-electron chi connectivity index (χ2n) is 6.23. The molecule has 0 spiro atoms. The summed E-state index contributed by atoms with van der Waals surface area (Å²) in [5.74, 6) is 0.0617. The van der Waals surface area contributed by atoms with Crippen LogP contribution in [0.5, 0.6) is 0 Å². The summed E-state index contributed by atoms with van der Waals surface area (Å²) in [4.78, 5) is 14.0. The van der Waals surface area contributed by atoms with Crippen molar-refractivity contribution in [2.45, 2.75) is 64.7 Å². The number of hydrogen-bond acceptors (Lipinski definition) is 4. The smallest absolute Gasteiger partial charge is 0.350 e. The van der Waals surface area contributed by atoms with Gasteiger partial charge in [-0.25, -0.2) is 4.79 Å². The Morgan fingerprint density at radius 3 is 2.50 bits per heavy atom. The van der Waals surface area contributed by atoms with Gasteiger partial charge in [0, 0.05) is 10.3 Å². The molecule has 0 saturated heterocycles. The van der Waals surface area contributed by atoms with E-state index in [2.05, 4.69) is 20.8 Å². The van der Waals surface area contributed by atoms with Crippen LogP contribution in [-0.2, 0) is 10.2 Å². The van der Waals surface area contributed by atoms with Gasteiger partial charge in [-0.3, -0.25) is 0 Å². The summed E-state index contributed by atoms with van der Waals surface area (Å²) in [5, 5.41) is 0. The zero-order valence-corrected chi connectivity index (χ0v) is 13.7. The SMILES string of the molecule is CCOC(=O)c1sc(C2(C)CCCC2)c(C(C)C)c1N. The lowest BCUT2D eigenvalue weighted by molar-refractivity contribution is 0.0533. The third-order valence-electron chi connectivity index (χ3n) is 4.28. The number of carbonyl (C=O) groups is 1. The predicted molar refractivity (Wildman–Crippen MR) is 84.6 cm³/mol. The average molecular weight is 295 g/mol. The molecular formula is C16H25NO2S. The van der Waals surface area contributed by atoms with E-state index in [1.165, 1.54) is 36.1 Å². The molecule has 3 nitrogen and oxygen atoms in total. The molecular weight excluding hydrogens is 270 g/mol. The van der Waals surface area contributed by atoms with Gasteiger partial charge in [0.05, 0.1) is 12.3 Å². The maximum absolute atomic E-state index is 12.1. The van der Waals surface area contributed by atoms with Crippen LogP contribution in [0.25, 0.3) is 0 Å². The van der Waals surface area contributed by atoms with Crippen LogP contribution in [0.15, 0.2) is 0 Å². The van der Waals surface area contributed by atoms with Gasteiger partial charge in [-0.15, -0.1) is 11.3 Å². The molecule has 0 amide bonds. The first-order valence-corrected chi connectivity index (χ1v) is 8.32. The highest BCUT2D eigenvalue weighted by Gasteiger charge is 2.37.